The van der Waals surface area contributed by atoms with E-state index in [9.17, 15) is 14.7 Å². The van der Waals surface area contributed by atoms with Crippen molar-refractivity contribution in [1.29, 1.82) is 0 Å². The number of aromatic hydroxyl groups is 1. The van der Waals surface area contributed by atoms with Gasteiger partial charge in [0.25, 0.3) is 0 Å². The van der Waals surface area contributed by atoms with Crippen LogP contribution in [0.1, 0.15) is 12.0 Å². The van der Waals surface area contributed by atoms with E-state index in [0.717, 1.165) is 5.56 Å². The summed E-state index contributed by atoms with van der Waals surface area (Å²) in [6.45, 7) is 0.323. The minimum absolute atomic E-state index is 0.00363. The number of hydrogen-bond acceptors (Lipinski definition) is 4. The van der Waals surface area contributed by atoms with Gasteiger partial charge in [-0.25, -0.2) is 4.79 Å². The molecular formula is C17H18N2O4. The predicted octanol–water partition coefficient (Wildman–Crippen LogP) is 2.65. The molecule has 0 unspecified atom stereocenters. The summed E-state index contributed by atoms with van der Waals surface area (Å²) in [6.07, 6.45) is -0.501. The van der Waals surface area contributed by atoms with Crippen molar-refractivity contribution in [2.45, 2.75) is 13.0 Å². The van der Waals surface area contributed by atoms with E-state index in [-0.39, 0.29) is 31.2 Å². The van der Waals surface area contributed by atoms with Crippen molar-refractivity contribution in [3.63, 3.8) is 0 Å². The van der Waals surface area contributed by atoms with Gasteiger partial charge in [-0.1, -0.05) is 42.5 Å². The topological polar surface area (TPSA) is 87.7 Å². The van der Waals surface area contributed by atoms with E-state index >= 15 is 0 Å². The lowest BCUT2D eigenvalue weighted by Gasteiger charge is -2.08. The van der Waals surface area contributed by atoms with Crippen LogP contribution in [0.5, 0.6) is 5.75 Å². The van der Waals surface area contributed by atoms with Gasteiger partial charge < -0.3 is 20.5 Å². The van der Waals surface area contributed by atoms with Gasteiger partial charge in [0.2, 0.25) is 5.91 Å². The first kappa shape index (κ1) is 16.4. The van der Waals surface area contributed by atoms with E-state index < -0.39 is 6.09 Å². The lowest BCUT2D eigenvalue weighted by molar-refractivity contribution is -0.116. The number of hydrogen-bond donors (Lipinski definition) is 3. The molecule has 23 heavy (non-hydrogen) atoms. The fourth-order valence-electron chi connectivity index (χ4n) is 1.84. The average molecular weight is 314 g/mol. The number of ether oxygens (including phenoxy) is 1. The molecule has 120 valence electrons. The van der Waals surface area contributed by atoms with Crippen LogP contribution in [0.25, 0.3) is 0 Å². The molecule has 0 bridgehead atoms. The number of amides is 2. The zero-order valence-corrected chi connectivity index (χ0v) is 12.5. The highest BCUT2D eigenvalue weighted by atomic mass is 16.5. The molecule has 6 heteroatoms. The Bertz CT molecular complexity index is 659. The molecule has 2 amide bonds. The molecule has 0 aliphatic rings. The molecule has 0 fully saturated rings. The van der Waals surface area contributed by atoms with Gasteiger partial charge in [-0.2, -0.15) is 0 Å². The standard InChI is InChI=1S/C17H18N2O4/c20-15-9-5-4-8-14(15)19-16(21)10-11-18-17(22)23-12-13-6-2-1-3-7-13/h1-9,20H,10-12H2,(H,18,22)(H,19,21). The fourth-order valence-corrected chi connectivity index (χ4v) is 1.84. The molecule has 0 atom stereocenters. The zero-order chi connectivity index (χ0) is 16.5. The molecule has 3 N–H and O–H groups in total. The van der Waals surface area contributed by atoms with E-state index in [0.29, 0.717) is 5.69 Å². The van der Waals surface area contributed by atoms with Crippen LogP contribution in [-0.2, 0) is 16.1 Å². The van der Waals surface area contributed by atoms with E-state index in [1.807, 2.05) is 30.3 Å². The number of anilines is 1. The van der Waals surface area contributed by atoms with E-state index in [2.05, 4.69) is 10.6 Å². The largest absolute Gasteiger partial charge is 0.506 e. The minimum Gasteiger partial charge on any atom is -0.506 e. The molecule has 2 aromatic rings. The van der Waals surface area contributed by atoms with E-state index in [1.54, 1.807) is 18.2 Å². The number of phenolic OH excluding ortho intramolecular Hbond substituents is 1. The molecule has 0 saturated carbocycles. The summed E-state index contributed by atoms with van der Waals surface area (Å²) < 4.78 is 5.03. The number of phenols is 1. The zero-order valence-electron chi connectivity index (χ0n) is 12.5. The predicted molar refractivity (Wildman–Crippen MR) is 86.0 cm³/mol. The molecule has 0 aliphatic carbocycles. The molecule has 0 heterocycles. The van der Waals surface area contributed by atoms with Crippen LogP contribution in [0, 0.1) is 0 Å². The lowest BCUT2D eigenvalue weighted by Crippen LogP contribution is -2.28. The first-order valence-corrected chi connectivity index (χ1v) is 7.17. The Morgan fingerprint density at radius 1 is 1.00 bits per heavy atom. The fraction of sp³-hybridized carbons (Fsp3) is 0.176. The summed E-state index contributed by atoms with van der Waals surface area (Å²) in [5.41, 5.74) is 1.23. The summed E-state index contributed by atoms with van der Waals surface area (Å²) in [6, 6.07) is 15.8. The van der Waals surface area contributed by atoms with Crippen LogP contribution in [0.15, 0.2) is 54.6 Å². The highest BCUT2D eigenvalue weighted by molar-refractivity contribution is 5.92. The van der Waals surface area contributed by atoms with Gasteiger partial charge in [-0.15, -0.1) is 0 Å². The third-order valence-electron chi connectivity index (χ3n) is 3.01. The second-order valence-electron chi connectivity index (χ2n) is 4.80. The highest BCUT2D eigenvalue weighted by Gasteiger charge is 2.07. The molecule has 2 rings (SSSR count). The van der Waals surface area contributed by atoms with Gasteiger partial charge in [-0.3, -0.25) is 4.79 Å². The third-order valence-corrected chi connectivity index (χ3v) is 3.01. The second kappa shape index (κ2) is 8.43. The maximum atomic E-state index is 11.7. The van der Waals surface area contributed by atoms with Crippen molar-refractivity contribution in [3.8, 4) is 5.75 Å². The first-order chi connectivity index (χ1) is 11.1. The molecular weight excluding hydrogens is 296 g/mol. The number of carbonyl (C=O) groups is 2. The number of carbonyl (C=O) groups excluding carboxylic acids is 2. The Morgan fingerprint density at radius 2 is 1.70 bits per heavy atom. The molecule has 0 aromatic heterocycles. The van der Waals surface area contributed by atoms with E-state index in [1.165, 1.54) is 6.07 Å². The quantitative estimate of drug-likeness (QED) is 0.715. The number of benzene rings is 2. The second-order valence-corrected chi connectivity index (χ2v) is 4.80. The van der Waals surface area contributed by atoms with Crippen molar-refractivity contribution >= 4 is 17.7 Å². The smallest absolute Gasteiger partial charge is 0.407 e. The number of nitrogens with one attached hydrogen (secondary N) is 2. The molecule has 6 nitrogen and oxygen atoms in total. The molecule has 0 saturated heterocycles. The van der Waals surface area contributed by atoms with Crippen LogP contribution < -0.4 is 10.6 Å². The number of alkyl carbamates (subject to hydrolysis) is 1. The number of rotatable bonds is 6. The Kier molecular flexibility index (Phi) is 5.99. The summed E-state index contributed by atoms with van der Waals surface area (Å²) >= 11 is 0. The Hall–Kier alpha value is -3.02. The molecule has 2 aromatic carbocycles. The van der Waals surface area contributed by atoms with Gasteiger partial charge in [0.15, 0.2) is 0 Å². The van der Waals surface area contributed by atoms with E-state index in [4.69, 9.17) is 4.74 Å². The van der Waals surface area contributed by atoms with Crippen LogP contribution in [0.2, 0.25) is 0 Å². The van der Waals surface area contributed by atoms with Crippen molar-refractivity contribution in [3.05, 3.63) is 60.2 Å². The van der Waals surface area contributed by atoms with Crippen LogP contribution in [0.4, 0.5) is 10.5 Å². The number of para-hydroxylation sites is 2. The minimum atomic E-state index is -0.579. The van der Waals surface area contributed by atoms with Crippen molar-refractivity contribution < 1.29 is 19.4 Å². The lowest BCUT2D eigenvalue weighted by atomic mass is 10.2. The van der Waals surface area contributed by atoms with Gasteiger partial charge >= 0.3 is 6.09 Å². The summed E-state index contributed by atoms with van der Waals surface area (Å²) in [4.78, 5) is 23.2. The van der Waals surface area contributed by atoms with Crippen molar-refractivity contribution in [2.75, 3.05) is 11.9 Å². The Morgan fingerprint density at radius 3 is 2.43 bits per heavy atom. The van der Waals surface area contributed by atoms with Crippen LogP contribution in [0.3, 0.4) is 0 Å². The maximum Gasteiger partial charge on any atom is 0.407 e. The Balaban J connectivity index is 1.65. The maximum absolute atomic E-state index is 11.7. The molecule has 0 spiro atoms. The summed E-state index contributed by atoms with van der Waals surface area (Å²) in [5.74, 6) is -0.314. The van der Waals surface area contributed by atoms with Crippen molar-refractivity contribution in [1.82, 2.24) is 5.32 Å². The van der Waals surface area contributed by atoms with Crippen LogP contribution >= 0.6 is 0 Å². The normalized spacial score (nSPS) is 9.91. The van der Waals surface area contributed by atoms with Gasteiger partial charge in [0.05, 0.1) is 5.69 Å². The SMILES string of the molecule is O=C(CCNC(=O)OCc1ccccc1)Nc1ccccc1O. The van der Waals surface area contributed by atoms with Gasteiger partial charge in [-0.05, 0) is 17.7 Å². The summed E-state index contributed by atoms with van der Waals surface area (Å²) in [7, 11) is 0. The molecule has 0 radical (unpaired) electrons. The third kappa shape index (κ3) is 5.70. The van der Waals surface area contributed by atoms with Gasteiger partial charge in [0.1, 0.15) is 12.4 Å². The van der Waals surface area contributed by atoms with Crippen LogP contribution in [-0.4, -0.2) is 23.7 Å². The Labute approximate surface area is 134 Å². The average Bonchev–Trinajstić information content (AvgIpc) is 2.56. The van der Waals surface area contributed by atoms with Gasteiger partial charge in [0, 0.05) is 13.0 Å². The monoisotopic (exact) mass is 314 g/mol. The first-order valence-electron chi connectivity index (χ1n) is 7.17. The summed E-state index contributed by atoms with van der Waals surface area (Å²) in [5, 5.41) is 14.6. The molecule has 0 aliphatic heterocycles. The highest BCUT2D eigenvalue weighted by Crippen LogP contribution is 2.21. The van der Waals surface area contributed by atoms with Crippen molar-refractivity contribution in [2.24, 2.45) is 0 Å².